The van der Waals surface area contributed by atoms with Crippen molar-refractivity contribution in [2.45, 2.75) is 32.1 Å². The number of hydrogen-bond donors (Lipinski definition) is 3. The lowest BCUT2D eigenvalue weighted by Crippen LogP contribution is -2.30. The highest BCUT2D eigenvalue weighted by atomic mass is 35.5. The number of hydrogen-bond acceptors (Lipinski definition) is 6. The number of unbranched alkanes of at least 4 members (excludes halogenated alkanes) is 1. The smallest absolute Gasteiger partial charge is 0.248 e. The van der Waals surface area contributed by atoms with Crippen LogP contribution < -0.4 is 16.0 Å². The van der Waals surface area contributed by atoms with Gasteiger partial charge in [-0.1, -0.05) is 24.1 Å². The van der Waals surface area contributed by atoms with E-state index in [4.69, 9.17) is 11.6 Å². The van der Waals surface area contributed by atoms with Gasteiger partial charge >= 0.3 is 0 Å². The monoisotopic (exact) mass is 496 g/mol. The third-order valence-corrected chi connectivity index (χ3v) is 6.34. The van der Waals surface area contributed by atoms with E-state index in [-0.39, 0.29) is 10.9 Å². The molecule has 1 amide bonds. The maximum absolute atomic E-state index is 13.5. The SMILES string of the molecule is CNc1cc2ncnc(Nc3ccc(F)c(Cl)c3)c2cc1NC(=O)/C=C/CCCN1CCCCC1. The maximum Gasteiger partial charge on any atom is 0.248 e. The number of carbonyl (C=O) groups excluding carboxylic acids is 1. The van der Waals surface area contributed by atoms with Crippen LogP contribution in [0.3, 0.4) is 0 Å². The third-order valence-electron chi connectivity index (χ3n) is 6.05. The number of likely N-dealkylation sites (tertiary alicyclic amines) is 1. The molecule has 0 saturated carbocycles. The second-order valence-corrected chi connectivity index (χ2v) is 8.98. The van der Waals surface area contributed by atoms with Gasteiger partial charge in [0.05, 0.1) is 21.9 Å². The maximum atomic E-state index is 13.5. The number of benzene rings is 2. The van der Waals surface area contributed by atoms with Crippen molar-refractivity contribution in [2.75, 3.05) is 42.6 Å². The highest BCUT2D eigenvalue weighted by molar-refractivity contribution is 6.31. The lowest BCUT2D eigenvalue weighted by Gasteiger charge is -2.25. The van der Waals surface area contributed by atoms with Crippen LogP contribution in [0, 0.1) is 5.82 Å². The molecule has 0 unspecified atom stereocenters. The van der Waals surface area contributed by atoms with Crippen molar-refractivity contribution in [2.24, 2.45) is 0 Å². The summed E-state index contributed by atoms with van der Waals surface area (Å²) < 4.78 is 13.5. The second-order valence-electron chi connectivity index (χ2n) is 8.58. The van der Waals surface area contributed by atoms with Gasteiger partial charge in [0.2, 0.25) is 5.91 Å². The van der Waals surface area contributed by atoms with Crippen LogP contribution in [0.4, 0.5) is 27.3 Å². The lowest BCUT2D eigenvalue weighted by molar-refractivity contribution is -0.111. The molecule has 0 bridgehead atoms. The Morgan fingerprint density at radius 3 is 2.74 bits per heavy atom. The second kappa shape index (κ2) is 12.0. The number of nitrogens with zero attached hydrogens (tertiary/aromatic N) is 3. The molecule has 1 aliphatic heterocycles. The largest absolute Gasteiger partial charge is 0.386 e. The molecule has 3 aromatic rings. The number of allylic oxidation sites excluding steroid dienone is 1. The number of fused-ring (bicyclic) bond motifs is 1. The van der Waals surface area contributed by atoms with Crippen LogP contribution in [0.25, 0.3) is 10.9 Å². The average Bonchev–Trinajstić information content (AvgIpc) is 2.86. The van der Waals surface area contributed by atoms with Gasteiger partial charge in [-0.05, 0) is 81.7 Å². The van der Waals surface area contributed by atoms with Crippen LogP contribution in [0.5, 0.6) is 0 Å². The minimum Gasteiger partial charge on any atom is -0.386 e. The molecular weight excluding hydrogens is 467 g/mol. The Morgan fingerprint density at radius 2 is 1.97 bits per heavy atom. The van der Waals surface area contributed by atoms with Gasteiger partial charge in [-0.2, -0.15) is 0 Å². The van der Waals surface area contributed by atoms with Crippen molar-refractivity contribution in [3.63, 3.8) is 0 Å². The molecular formula is C26H30ClFN6O. The van der Waals surface area contributed by atoms with E-state index in [2.05, 4.69) is 30.8 Å². The first-order valence-electron chi connectivity index (χ1n) is 11.9. The van der Waals surface area contributed by atoms with Gasteiger partial charge in [0.15, 0.2) is 0 Å². The molecule has 2 heterocycles. The number of rotatable bonds is 9. The number of carbonyl (C=O) groups is 1. The average molecular weight is 497 g/mol. The van der Waals surface area contributed by atoms with Gasteiger partial charge in [-0.25, -0.2) is 14.4 Å². The Kier molecular flexibility index (Phi) is 8.50. The molecule has 184 valence electrons. The zero-order valence-corrected chi connectivity index (χ0v) is 20.5. The number of nitrogens with one attached hydrogen (secondary N) is 3. The standard InChI is InChI=1S/C26H30ClFN6O/c1-29-23-16-22-19(26(31-17-30-22)32-18-9-10-21(28)20(27)14-18)15-24(23)33-25(35)8-4-2-5-11-34-12-6-3-7-13-34/h4,8-10,14-17,29H,2-3,5-7,11-13H2,1H3,(H,33,35)(H,30,31,32)/b8-4+. The normalized spacial score (nSPS) is 14.4. The molecule has 3 N–H and O–H groups in total. The van der Waals surface area contributed by atoms with Crippen molar-refractivity contribution in [1.82, 2.24) is 14.9 Å². The van der Waals surface area contributed by atoms with Crippen molar-refractivity contribution < 1.29 is 9.18 Å². The summed E-state index contributed by atoms with van der Waals surface area (Å²) in [5.41, 5.74) is 2.62. The van der Waals surface area contributed by atoms with Gasteiger partial charge in [-0.3, -0.25) is 4.79 Å². The molecule has 1 saturated heterocycles. The summed E-state index contributed by atoms with van der Waals surface area (Å²) in [6.07, 6.45) is 10.8. The Labute approximate surface area is 209 Å². The molecule has 1 fully saturated rings. The fourth-order valence-corrected chi connectivity index (χ4v) is 4.38. The van der Waals surface area contributed by atoms with Gasteiger partial charge in [0, 0.05) is 18.1 Å². The number of anilines is 4. The Hall–Kier alpha value is -3.23. The zero-order valence-electron chi connectivity index (χ0n) is 19.8. The molecule has 1 aliphatic rings. The van der Waals surface area contributed by atoms with E-state index in [0.717, 1.165) is 25.1 Å². The zero-order chi connectivity index (χ0) is 24.6. The van der Waals surface area contributed by atoms with Gasteiger partial charge in [0.1, 0.15) is 18.0 Å². The molecule has 9 heteroatoms. The molecule has 1 aromatic heterocycles. The Bertz CT molecular complexity index is 1210. The summed E-state index contributed by atoms with van der Waals surface area (Å²) in [6, 6.07) is 8.02. The van der Waals surface area contributed by atoms with Crippen LogP contribution >= 0.6 is 11.6 Å². The number of aromatic nitrogens is 2. The van der Waals surface area contributed by atoms with Gasteiger partial charge in [0.25, 0.3) is 0 Å². The fourth-order valence-electron chi connectivity index (χ4n) is 4.20. The summed E-state index contributed by atoms with van der Waals surface area (Å²) in [5, 5.41) is 9.93. The number of piperidine rings is 1. The van der Waals surface area contributed by atoms with E-state index in [1.54, 1.807) is 19.2 Å². The van der Waals surface area contributed by atoms with Crippen LogP contribution in [-0.2, 0) is 4.79 Å². The van der Waals surface area contributed by atoms with E-state index in [9.17, 15) is 9.18 Å². The predicted octanol–water partition coefficient (Wildman–Crippen LogP) is 5.97. The third kappa shape index (κ3) is 6.68. The Balaban J connectivity index is 1.44. The van der Waals surface area contributed by atoms with Gasteiger partial charge < -0.3 is 20.9 Å². The van der Waals surface area contributed by atoms with Gasteiger partial charge in [-0.15, -0.1) is 0 Å². The van der Waals surface area contributed by atoms with Crippen LogP contribution in [0.15, 0.2) is 48.8 Å². The summed E-state index contributed by atoms with van der Waals surface area (Å²) in [7, 11) is 1.79. The van der Waals surface area contributed by atoms with Crippen molar-refractivity contribution in [3.8, 4) is 0 Å². The molecule has 7 nitrogen and oxygen atoms in total. The summed E-state index contributed by atoms with van der Waals surface area (Å²) in [6.45, 7) is 3.46. The molecule has 35 heavy (non-hydrogen) atoms. The van der Waals surface area contributed by atoms with E-state index in [0.29, 0.717) is 28.1 Å². The van der Waals surface area contributed by atoms with Crippen LogP contribution in [0.2, 0.25) is 5.02 Å². The topological polar surface area (TPSA) is 82.2 Å². The molecule has 0 radical (unpaired) electrons. The summed E-state index contributed by atoms with van der Waals surface area (Å²) in [5.74, 6) is -0.174. The number of halogens is 2. The molecule has 4 rings (SSSR count). The van der Waals surface area contributed by atoms with Crippen molar-refractivity contribution in [1.29, 1.82) is 0 Å². The predicted molar refractivity (Wildman–Crippen MR) is 141 cm³/mol. The highest BCUT2D eigenvalue weighted by Crippen LogP contribution is 2.32. The first-order valence-corrected chi connectivity index (χ1v) is 12.3. The van der Waals surface area contributed by atoms with E-state index < -0.39 is 5.82 Å². The summed E-state index contributed by atoms with van der Waals surface area (Å²) in [4.78, 5) is 23.8. The van der Waals surface area contributed by atoms with E-state index in [1.165, 1.54) is 50.8 Å². The van der Waals surface area contributed by atoms with Crippen molar-refractivity contribution in [3.05, 3.63) is 59.7 Å². The molecule has 0 aliphatic carbocycles. The molecule has 2 aromatic carbocycles. The molecule has 0 atom stereocenters. The first-order chi connectivity index (χ1) is 17.0. The van der Waals surface area contributed by atoms with Crippen LogP contribution in [0.1, 0.15) is 32.1 Å². The van der Waals surface area contributed by atoms with E-state index >= 15 is 0 Å². The highest BCUT2D eigenvalue weighted by Gasteiger charge is 2.12. The first kappa shape index (κ1) is 24.9. The fraction of sp³-hybridized carbons (Fsp3) is 0.346. The summed E-state index contributed by atoms with van der Waals surface area (Å²) >= 11 is 5.91. The van der Waals surface area contributed by atoms with Crippen molar-refractivity contribution >= 4 is 51.3 Å². The van der Waals surface area contributed by atoms with Crippen LogP contribution in [-0.4, -0.2) is 47.5 Å². The molecule has 0 spiro atoms. The quantitative estimate of drug-likeness (QED) is 0.250. The lowest BCUT2D eigenvalue weighted by atomic mass is 10.1. The minimum absolute atomic E-state index is 0.0153. The Morgan fingerprint density at radius 1 is 1.14 bits per heavy atom. The van der Waals surface area contributed by atoms with E-state index in [1.807, 2.05) is 18.2 Å². The number of amides is 1. The minimum atomic E-state index is -0.493.